The van der Waals surface area contributed by atoms with Crippen LogP contribution >= 0.6 is 0 Å². The number of amides is 3. The van der Waals surface area contributed by atoms with Gasteiger partial charge in [-0.15, -0.1) is 0 Å². The van der Waals surface area contributed by atoms with E-state index in [1.807, 2.05) is 67.6 Å². The third kappa shape index (κ3) is 5.86. The van der Waals surface area contributed by atoms with Crippen LogP contribution < -0.4 is 16.0 Å². The Kier molecular flexibility index (Phi) is 8.95. The van der Waals surface area contributed by atoms with Gasteiger partial charge in [-0.05, 0) is 50.3 Å². The van der Waals surface area contributed by atoms with E-state index in [1.165, 1.54) is 0 Å². The predicted octanol–water partition coefficient (Wildman–Crippen LogP) is 2.14. The average molecular weight is 507 g/mol. The summed E-state index contributed by atoms with van der Waals surface area (Å²) in [6.45, 7) is 1.69. The monoisotopic (exact) mass is 506 g/mol. The molecular weight excluding hydrogens is 468 g/mol. The highest BCUT2D eigenvalue weighted by Gasteiger charge is 2.47. The van der Waals surface area contributed by atoms with Gasteiger partial charge in [0, 0.05) is 18.6 Å². The van der Waals surface area contributed by atoms with Crippen molar-refractivity contribution < 1.29 is 19.5 Å². The summed E-state index contributed by atoms with van der Waals surface area (Å²) in [5.41, 5.74) is 1.92. The first-order chi connectivity index (χ1) is 18.0. The van der Waals surface area contributed by atoms with Crippen LogP contribution in [0.15, 0.2) is 60.7 Å². The molecule has 0 spiro atoms. The minimum absolute atomic E-state index is 0.0858. The smallest absolute Gasteiger partial charge is 0.246 e. The van der Waals surface area contributed by atoms with E-state index in [9.17, 15) is 19.5 Å². The molecule has 2 fully saturated rings. The van der Waals surface area contributed by atoms with Crippen molar-refractivity contribution in [2.24, 2.45) is 5.92 Å². The Hall–Kier alpha value is -3.23. The standard InChI is InChI=1S/C29H38N4O4/c1-3-23(30-2)27(35)32-26-21(18-34)14-15-22-16-17-24(33(22)29(26)37)28(36)31-25(19-10-6-4-7-11-19)20-12-8-5-9-13-20/h4-13,21-26,30,34H,3,14-18H2,1-2H3,(H,31,36)(H,32,35)/t21?,22?,23-,24?,26?/m0/s1. The summed E-state index contributed by atoms with van der Waals surface area (Å²) in [6, 6.07) is 17.2. The van der Waals surface area contributed by atoms with E-state index in [4.69, 9.17) is 0 Å². The van der Waals surface area contributed by atoms with Crippen molar-refractivity contribution in [3.8, 4) is 0 Å². The summed E-state index contributed by atoms with van der Waals surface area (Å²) in [5.74, 6) is -1.15. The molecule has 2 aromatic carbocycles. The van der Waals surface area contributed by atoms with Crippen LogP contribution in [-0.4, -0.2) is 65.5 Å². The first kappa shape index (κ1) is 26.8. The minimum atomic E-state index is -0.864. The second-order valence-corrected chi connectivity index (χ2v) is 10.0. The van der Waals surface area contributed by atoms with Crippen molar-refractivity contribution in [2.75, 3.05) is 13.7 Å². The maximum Gasteiger partial charge on any atom is 0.246 e. The van der Waals surface area contributed by atoms with Crippen molar-refractivity contribution in [3.05, 3.63) is 71.8 Å². The Balaban J connectivity index is 1.58. The van der Waals surface area contributed by atoms with Gasteiger partial charge in [0.15, 0.2) is 0 Å². The van der Waals surface area contributed by atoms with E-state index >= 15 is 0 Å². The molecule has 4 unspecified atom stereocenters. The fourth-order valence-electron chi connectivity index (χ4n) is 5.73. The highest BCUT2D eigenvalue weighted by molar-refractivity contribution is 5.94. The van der Waals surface area contributed by atoms with Gasteiger partial charge in [0.2, 0.25) is 17.7 Å². The number of benzene rings is 2. The molecule has 0 bridgehead atoms. The highest BCUT2D eigenvalue weighted by Crippen LogP contribution is 2.34. The molecule has 2 heterocycles. The van der Waals surface area contributed by atoms with Crippen LogP contribution in [0.2, 0.25) is 0 Å². The number of hydrogen-bond donors (Lipinski definition) is 4. The fraction of sp³-hybridized carbons (Fsp3) is 0.483. The van der Waals surface area contributed by atoms with E-state index in [-0.39, 0.29) is 42.3 Å². The van der Waals surface area contributed by atoms with E-state index < -0.39 is 18.1 Å². The number of hydrogen-bond acceptors (Lipinski definition) is 5. The molecule has 0 saturated carbocycles. The van der Waals surface area contributed by atoms with Gasteiger partial charge < -0.3 is 26.0 Å². The molecule has 5 atom stereocenters. The van der Waals surface area contributed by atoms with E-state index in [0.717, 1.165) is 17.5 Å². The Labute approximate surface area is 218 Å². The molecular formula is C29H38N4O4. The molecule has 8 nitrogen and oxygen atoms in total. The van der Waals surface area contributed by atoms with Crippen LogP contribution in [0.1, 0.15) is 56.2 Å². The summed E-state index contributed by atoms with van der Waals surface area (Å²) in [4.78, 5) is 42.2. The average Bonchev–Trinajstić information content (AvgIpc) is 3.31. The Morgan fingerprint density at radius 3 is 2.11 bits per heavy atom. The Bertz CT molecular complexity index is 1020. The van der Waals surface area contributed by atoms with Crippen LogP contribution in [0.25, 0.3) is 0 Å². The number of aliphatic hydroxyl groups is 1. The molecule has 2 aliphatic rings. The number of carbonyl (C=O) groups excluding carboxylic acids is 3. The largest absolute Gasteiger partial charge is 0.396 e. The van der Waals surface area contributed by atoms with Gasteiger partial charge in [-0.3, -0.25) is 14.4 Å². The first-order valence-electron chi connectivity index (χ1n) is 13.3. The van der Waals surface area contributed by atoms with Gasteiger partial charge in [-0.25, -0.2) is 0 Å². The van der Waals surface area contributed by atoms with Crippen molar-refractivity contribution in [1.29, 1.82) is 0 Å². The lowest BCUT2D eigenvalue weighted by atomic mass is 9.93. The van der Waals surface area contributed by atoms with Crippen LogP contribution in [0.5, 0.6) is 0 Å². The number of rotatable bonds is 9. The van der Waals surface area contributed by atoms with Crippen molar-refractivity contribution >= 4 is 17.7 Å². The number of nitrogens with one attached hydrogen (secondary N) is 3. The quantitative estimate of drug-likeness (QED) is 0.417. The van der Waals surface area contributed by atoms with Gasteiger partial charge in [0.05, 0.1) is 12.1 Å². The fourth-order valence-corrected chi connectivity index (χ4v) is 5.73. The molecule has 2 aromatic rings. The van der Waals surface area contributed by atoms with Crippen LogP contribution in [0.4, 0.5) is 0 Å². The van der Waals surface area contributed by atoms with Crippen molar-refractivity contribution in [3.63, 3.8) is 0 Å². The molecule has 2 saturated heterocycles. The van der Waals surface area contributed by atoms with Crippen molar-refractivity contribution in [1.82, 2.24) is 20.9 Å². The zero-order chi connectivity index (χ0) is 26.4. The van der Waals surface area contributed by atoms with Crippen LogP contribution in [0, 0.1) is 5.92 Å². The number of aliphatic hydroxyl groups excluding tert-OH is 1. The lowest BCUT2D eigenvalue weighted by molar-refractivity contribution is -0.144. The van der Waals surface area contributed by atoms with E-state index in [2.05, 4.69) is 16.0 Å². The summed E-state index contributed by atoms with van der Waals surface area (Å²) >= 11 is 0. The number of nitrogens with zero attached hydrogens (tertiary/aromatic N) is 1. The summed E-state index contributed by atoms with van der Waals surface area (Å²) in [5, 5.41) is 19.1. The lowest BCUT2D eigenvalue weighted by Gasteiger charge is -2.33. The van der Waals surface area contributed by atoms with Crippen LogP contribution in [-0.2, 0) is 14.4 Å². The normalized spacial score (nSPS) is 24.3. The van der Waals surface area contributed by atoms with E-state index in [0.29, 0.717) is 25.7 Å². The Morgan fingerprint density at radius 1 is 0.973 bits per heavy atom. The molecule has 3 amide bonds. The maximum atomic E-state index is 13.9. The summed E-state index contributed by atoms with van der Waals surface area (Å²) in [6.07, 6.45) is 3.16. The minimum Gasteiger partial charge on any atom is -0.396 e. The van der Waals surface area contributed by atoms with Gasteiger partial charge in [-0.2, -0.15) is 0 Å². The summed E-state index contributed by atoms with van der Waals surface area (Å²) in [7, 11) is 1.71. The number of fused-ring (bicyclic) bond motifs is 1. The zero-order valence-electron chi connectivity index (χ0n) is 21.6. The molecule has 198 valence electrons. The Morgan fingerprint density at radius 2 is 1.57 bits per heavy atom. The zero-order valence-corrected chi connectivity index (χ0v) is 21.6. The second-order valence-electron chi connectivity index (χ2n) is 10.0. The molecule has 0 aliphatic carbocycles. The van der Waals surface area contributed by atoms with Gasteiger partial charge in [0.25, 0.3) is 0 Å². The van der Waals surface area contributed by atoms with Gasteiger partial charge in [-0.1, -0.05) is 67.6 Å². The van der Waals surface area contributed by atoms with Gasteiger partial charge in [0.1, 0.15) is 12.1 Å². The molecule has 0 aromatic heterocycles. The molecule has 2 aliphatic heterocycles. The second kappa shape index (κ2) is 12.3. The topological polar surface area (TPSA) is 111 Å². The van der Waals surface area contributed by atoms with Gasteiger partial charge >= 0.3 is 0 Å². The summed E-state index contributed by atoms with van der Waals surface area (Å²) < 4.78 is 0. The number of likely N-dealkylation sites (N-methyl/N-ethyl adjacent to an activating group) is 1. The highest BCUT2D eigenvalue weighted by atomic mass is 16.3. The third-order valence-electron chi connectivity index (χ3n) is 7.83. The van der Waals surface area contributed by atoms with E-state index in [1.54, 1.807) is 11.9 Å². The number of carbonyl (C=O) groups is 3. The molecule has 4 rings (SSSR count). The lowest BCUT2D eigenvalue weighted by Crippen LogP contribution is -2.58. The molecule has 37 heavy (non-hydrogen) atoms. The maximum absolute atomic E-state index is 13.9. The predicted molar refractivity (Wildman–Crippen MR) is 141 cm³/mol. The molecule has 0 radical (unpaired) electrons. The van der Waals surface area contributed by atoms with Crippen LogP contribution in [0.3, 0.4) is 0 Å². The molecule has 4 N–H and O–H groups in total. The van der Waals surface area contributed by atoms with Crippen molar-refractivity contribution in [2.45, 2.75) is 69.2 Å². The first-order valence-corrected chi connectivity index (χ1v) is 13.3. The molecule has 8 heteroatoms. The SMILES string of the molecule is CC[C@H](NC)C(=O)NC1C(=O)N2C(CCC1CO)CCC2C(=O)NC(c1ccccc1)c1ccccc1. The third-order valence-corrected chi connectivity index (χ3v) is 7.83.